The predicted octanol–water partition coefficient (Wildman–Crippen LogP) is 5.01. The van der Waals surface area contributed by atoms with Gasteiger partial charge in [-0.25, -0.2) is 14.2 Å². The summed E-state index contributed by atoms with van der Waals surface area (Å²) in [4.78, 5) is 29.2. The molecule has 5 atom stereocenters. The Balaban J connectivity index is 1.18. The molecule has 1 aromatic rings. The molecule has 3 unspecified atom stereocenters. The normalized spacial score (nSPS) is 28.5. The van der Waals surface area contributed by atoms with E-state index in [1.165, 1.54) is 63.8 Å². The highest BCUT2D eigenvalue weighted by molar-refractivity contribution is 5.90. The van der Waals surface area contributed by atoms with Crippen molar-refractivity contribution in [1.82, 2.24) is 5.32 Å². The first-order chi connectivity index (χ1) is 19.0. The summed E-state index contributed by atoms with van der Waals surface area (Å²) in [5.41, 5.74) is 1.56. The molecule has 39 heavy (non-hydrogen) atoms. The summed E-state index contributed by atoms with van der Waals surface area (Å²) in [7, 11) is 1.32. The number of hydrogen-bond donors (Lipinski definition) is 1. The highest BCUT2D eigenvalue weighted by Crippen LogP contribution is 2.46. The van der Waals surface area contributed by atoms with Crippen molar-refractivity contribution < 1.29 is 28.2 Å². The molecule has 212 valence electrons. The lowest BCUT2D eigenvalue weighted by Gasteiger charge is -2.28. The summed E-state index contributed by atoms with van der Waals surface area (Å²) in [5.74, 6) is 0.568. The zero-order valence-electron chi connectivity index (χ0n) is 22.9. The molecular formula is C31H41FN2O5. The summed E-state index contributed by atoms with van der Waals surface area (Å²) in [5, 5.41) is 3.06. The molecule has 1 saturated carbocycles. The summed E-state index contributed by atoms with van der Waals surface area (Å²) < 4.78 is 31.2. The van der Waals surface area contributed by atoms with Gasteiger partial charge in [-0.2, -0.15) is 0 Å². The fourth-order valence-corrected chi connectivity index (χ4v) is 6.84. The third-order valence-corrected chi connectivity index (χ3v) is 8.91. The van der Waals surface area contributed by atoms with Crippen LogP contribution in [0.3, 0.4) is 0 Å². The van der Waals surface area contributed by atoms with Crippen molar-refractivity contribution in [3.8, 4) is 0 Å². The number of aliphatic imine (C=N–C) groups is 1. The first-order valence-electron chi connectivity index (χ1n) is 14.7. The number of carbonyl (C=O) groups excluding carboxylic acids is 2. The van der Waals surface area contributed by atoms with Crippen molar-refractivity contribution in [2.24, 2.45) is 22.7 Å². The first-order valence-corrected chi connectivity index (χ1v) is 14.7. The molecule has 2 saturated heterocycles. The maximum atomic E-state index is 14.2. The van der Waals surface area contributed by atoms with E-state index in [9.17, 15) is 14.0 Å². The summed E-state index contributed by atoms with van der Waals surface area (Å²) in [6, 6.07) is 4.04. The summed E-state index contributed by atoms with van der Waals surface area (Å²) >= 11 is 0. The van der Waals surface area contributed by atoms with Crippen LogP contribution in [0.2, 0.25) is 0 Å². The average molecular weight is 541 g/mol. The minimum atomic E-state index is -0.536. The van der Waals surface area contributed by atoms with Crippen molar-refractivity contribution in [3.05, 3.63) is 41.2 Å². The topological polar surface area (TPSA) is 86.2 Å². The number of methoxy groups -OCH3 is 1. The molecule has 0 spiro atoms. The molecule has 4 aliphatic rings. The SMILES string of the molecule is COC(=O)/C=C/c1ccc(F)cc1C[C@@H]1C(C2=NC(C(=O)NCCCCC3CCCCC3)CO2)C2CC[C@H]1O2. The number of amides is 1. The fraction of sp³-hybridized carbons (Fsp3) is 0.645. The highest BCUT2D eigenvalue weighted by Gasteiger charge is 2.53. The second-order valence-electron chi connectivity index (χ2n) is 11.5. The van der Waals surface area contributed by atoms with Crippen molar-refractivity contribution in [1.29, 1.82) is 0 Å². The molecule has 3 heterocycles. The molecule has 3 aliphatic heterocycles. The largest absolute Gasteiger partial charge is 0.478 e. The molecule has 7 nitrogen and oxygen atoms in total. The second-order valence-corrected chi connectivity index (χ2v) is 11.5. The summed E-state index contributed by atoms with van der Waals surface area (Å²) in [6.45, 7) is 0.922. The van der Waals surface area contributed by atoms with Crippen molar-refractivity contribution >= 4 is 23.9 Å². The van der Waals surface area contributed by atoms with Crippen LogP contribution in [0.5, 0.6) is 0 Å². The van der Waals surface area contributed by atoms with E-state index < -0.39 is 12.0 Å². The van der Waals surface area contributed by atoms with Crippen LogP contribution in [0.4, 0.5) is 4.39 Å². The molecule has 0 radical (unpaired) electrons. The van der Waals surface area contributed by atoms with E-state index in [-0.39, 0.29) is 42.4 Å². The van der Waals surface area contributed by atoms with Gasteiger partial charge in [0.15, 0.2) is 11.9 Å². The van der Waals surface area contributed by atoms with Crippen molar-refractivity contribution in [3.63, 3.8) is 0 Å². The minimum absolute atomic E-state index is 0.0111. The number of rotatable bonds is 11. The Hall–Kier alpha value is -2.74. The number of nitrogens with zero attached hydrogens (tertiary/aromatic N) is 1. The third-order valence-electron chi connectivity index (χ3n) is 8.91. The Labute approximate surface area is 230 Å². The molecule has 3 fully saturated rings. The van der Waals surface area contributed by atoms with Crippen molar-refractivity contribution in [2.45, 2.75) is 88.9 Å². The lowest BCUT2D eigenvalue weighted by Crippen LogP contribution is -2.35. The zero-order chi connectivity index (χ0) is 27.2. The van der Waals surface area contributed by atoms with Crippen molar-refractivity contribution in [2.75, 3.05) is 20.3 Å². The van der Waals surface area contributed by atoms with Gasteiger partial charge >= 0.3 is 5.97 Å². The second kappa shape index (κ2) is 13.1. The number of benzene rings is 1. The van der Waals surface area contributed by atoms with E-state index >= 15 is 0 Å². The van der Waals surface area contributed by atoms with E-state index in [1.54, 1.807) is 12.1 Å². The number of nitrogens with one attached hydrogen (secondary N) is 1. The lowest BCUT2D eigenvalue weighted by molar-refractivity contribution is -0.134. The van der Waals surface area contributed by atoms with Gasteiger partial charge in [0, 0.05) is 18.5 Å². The van der Waals surface area contributed by atoms with Gasteiger partial charge in [0.25, 0.3) is 0 Å². The van der Waals surface area contributed by atoms with Crippen LogP contribution in [-0.4, -0.2) is 56.3 Å². The maximum Gasteiger partial charge on any atom is 0.330 e. The molecule has 8 heteroatoms. The van der Waals surface area contributed by atoms with Gasteiger partial charge in [-0.15, -0.1) is 0 Å². The maximum absolute atomic E-state index is 14.2. The predicted molar refractivity (Wildman–Crippen MR) is 147 cm³/mol. The molecule has 1 aromatic carbocycles. The monoisotopic (exact) mass is 540 g/mol. The molecule has 1 aliphatic carbocycles. The lowest BCUT2D eigenvalue weighted by atomic mass is 9.75. The number of hydrogen-bond acceptors (Lipinski definition) is 6. The molecule has 2 bridgehead atoms. The molecule has 0 aromatic heterocycles. The Kier molecular flexibility index (Phi) is 9.32. The van der Waals surface area contributed by atoms with Crippen LogP contribution in [0.25, 0.3) is 6.08 Å². The van der Waals surface area contributed by atoms with Crippen LogP contribution < -0.4 is 5.32 Å². The number of carbonyl (C=O) groups is 2. The van der Waals surface area contributed by atoms with Gasteiger partial charge in [-0.3, -0.25) is 4.79 Å². The van der Waals surface area contributed by atoms with Crippen LogP contribution in [0.1, 0.15) is 75.3 Å². The highest BCUT2D eigenvalue weighted by atomic mass is 19.1. The van der Waals surface area contributed by atoms with E-state index in [1.807, 2.05) is 0 Å². The standard InChI is InChI=1S/C31H41FN2O5/c1-37-28(35)15-11-21-10-12-23(32)17-22(21)18-24-26-13-14-27(39-26)29(24)31-34-25(19-38-31)30(36)33-16-6-5-9-20-7-3-2-4-8-20/h10-12,15,17,20,24-27,29H,2-9,13-14,16,18-19H2,1H3,(H,33,36)/b15-11+/t24-,25?,26+,27?,29?/m0/s1. The number of ether oxygens (including phenoxy) is 3. The van der Waals surface area contributed by atoms with E-state index in [2.05, 4.69) is 5.32 Å². The van der Waals surface area contributed by atoms with Gasteiger partial charge in [-0.05, 0) is 60.9 Å². The van der Waals surface area contributed by atoms with Gasteiger partial charge in [0.2, 0.25) is 5.91 Å². The summed E-state index contributed by atoms with van der Waals surface area (Å²) in [6.07, 6.45) is 15.7. The Morgan fingerprint density at radius 3 is 2.77 bits per heavy atom. The van der Waals surface area contributed by atoms with Crippen LogP contribution in [0, 0.1) is 23.6 Å². The zero-order valence-corrected chi connectivity index (χ0v) is 22.9. The number of unbranched alkanes of at least 4 members (excludes halogenated alkanes) is 1. The minimum Gasteiger partial charge on any atom is -0.478 e. The molecule has 1 amide bonds. The van der Waals surface area contributed by atoms with Gasteiger partial charge in [0.1, 0.15) is 12.4 Å². The third kappa shape index (κ3) is 6.89. The Morgan fingerprint density at radius 2 is 1.95 bits per heavy atom. The van der Waals surface area contributed by atoms with E-state index in [0.29, 0.717) is 18.9 Å². The number of fused-ring (bicyclic) bond motifs is 2. The number of halogens is 1. The number of esters is 1. The van der Waals surface area contributed by atoms with Gasteiger partial charge in [-0.1, -0.05) is 51.0 Å². The van der Waals surface area contributed by atoms with Crippen LogP contribution >= 0.6 is 0 Å². The molecule has 5 rings (SSSR count). The fourth-order valence-electron chi connectivity index (χ4n) is 6.84. The van der Waals surface area contributed by atoms with Gasteiger partial charge < -0.3 is 19.5 Å². The quantitative estimate of drug-likeness (QED) is 0.242. The smallest absolute Gasteiger partial charge is 0.330 e. The van der Waals surface area contributed by atoms with Crippen LogP contribution in [0.15, 0.2) is 29.3 Å². The first kappa shape index (κ1) is 27.8. The Morgan fingerprint density at radius 1 is 1.13 bits per heavy atom. The molecule has 1 N–H and O–H groups in total. The van der Waals surface area contributed by atoms with Crippen LogP contribution in [-0.2, 0) is 30.2 Å². The molecular weight excluding hydrogens is 499 g/mol. The average Bonchev–Trinajstić information content (AvgIpc) is 3.70. The van der Waals surface area contributed by atoms with Gasteiger partial charge in [0.05, 0.1) is 25.2 Å². The Bertz CT molecular complexity index is 1080. The van der Waals surface area contributed by atoms with E-state index in [4.69, 9.17) is 19.2 Å². The van der Waals surface area contributed by atoms with E-state index in [0.717, 1.165) is 42.7 Å².